The first-order valence-electron chi connectivity index (χ1n) is 5.85. The SMILES string of the molecule is CC[C@H](O)C1C[C@H](F)[C@H](n2ccc(N)nc2=O)O1. The Balaban J connectivity index is 2.21. The van der Waals surface area contributed by atoms with Crippen LogP contribution in [0.15, 0.2) is 17.1 Å². The lowest BCUT2D eigenvalue weighted by molar-refractivity contribution is -0.0699. The molecule has 18 heavy (non-hydrogen) atoms. The Bertz CT molecular complexity index is 479. The van der Waals surface area contributed by atoms with Crippen LogP contribution in [0.25, 0.3) is 0 Å². The van der Waals surface area contributed by atoms with Crippen molar-refractivity contribution < 1.29 is 14.2 Å². The van der Waals surface area contributed by atoms with Gasteiger partial charge in [0.15, 0.2) is 6.23 Å². The zero-order valence-electron chi connectivity index (χ0n) is 9.99. The summed E-state index contributed by atoms with van der Waals surface area (Å²) in [6.45, 7) is 1.78. The molecule has 0 amide bonds. The topological polar surface area (TPSA) is 90.4 Å². The molecule has 1 aliphatic heterocycles. The van der Waals surface area contributed by atoms with Crippen LogP contribution in [-0.2, 0) is 4.74 Å². The molecule has 0 saturated carbocycles. The molecule has 1 fully saturated rings. The molecular formula is C11H16FN3O3. The second kappa shape index (κ2) is 5.03. The van der Waals surface area contributed by atoms with Crippen molar-refractivity contribution in [3.8, 4) is 0 Å². The van der Waals surface area contributed by atoms with E-state index in [2.05, 4.69) is 4.98 Å². The molecular weight excluding hydrogens is 241 g/mol. The van der Waals surface area contributed by atoms with Crippen LogP contribution in [0, 0.1) is 0 Å². The van der Waals surface area contributed by atoms with Crippen molar-refractivity contribution in [2.75, 3.05) is 5.73 Å². The predicted octanol–water partition coefficient (Wildman–Crippen LogP) is 0.222. The van der Waals surface area contributed by atoms with Crippen molar-refractivity contribution in [2.24, 2.45) is 0 Å². The normalized spacial score (nSPS) is 29.4. The Kier molecular flexibility index (Phi) is 3.63. The van der Waals surface area contributed by atoms with Crippen LogP contribution in [0.4, 0.5) is 10.2 Å². The minimum Gasteiger partial charge on any atom is -0.390 e. The lowest BCUT2D eigenvalue weighted by Gasteiger charge is -2.18. The van der Waals surface area contributed by atoms with Gasteiger partial charge in [-0.25, -0.2) is 9.18 Å². The van der Waals surface area contributed by atoms with Crippen LogP contribution >= 0.6 is 0 Å². The molecule has 0 aliphatic carbocycles. The van der Waals surface area contributed by atoms with Gasteiger partial charge in [-0.1, -0.05) is 6.92 Å². The molecule has 3 N–H and O–H groups in total. The highest BCUT2D eigenvalue weighted by Crippen LogP contribution is 2.32. The summed E-state index contributed by atoms with van der Waals surface area (Å²) in [6, 6.07) is 1.40. The largest absolute Gasteiger partial charge is 0.390 e. The number of hydrogen-bond acceptors (Lipinski definition) is 5. The van der Waals surface area contributed by atoms with Gasteiger partial charge >= 0.3 is 5.69 Å². The highest BCUT2D eigenvalue weighted by molar-refractivity contribution is 5.23. The van der Waals surface area contributed by atoms with Crippen molar-refractivity contribution in [3.05, 3.63) is 22.7 Å². The molecule has 0 bridgehead atoms. The molecule has 7 heteroatoms. The third kappa shape index (κ3) is 2.37. The minimum absolute atomic E-state index is 0.0660. The van der Waals surface area contributed by atoms with Crippen molar-refractivity contribution >= 4 is 5.82 Å². The molecule has 1 aromatic rings. The van der Waals surface area contributed by atoms with E-state index in [1.165, 1.54) is 12.3 Å². The van der Waals surface area contributed by atoms with Crippen molar-refractivity contribution in [1.29, 1.82) is 0 Å². The number of nitrogen functional groups attached to an aromatic ring is 1. The number of aromatic nitrogens is 2. The molecule has 1 aliphatic rings. The van der Waals surface area contributed by atoms with Crippen molar-refractivity contribution in [1.82, 2.24) is 9.55 Å². The van der Waals surface area contributed by atoms with Gasteiger partial charge in [0.2, 0.25) is 0 Å². The molecule has 1 saturated heterocycles. The Labute approximate surface area is 103 Å². The maximum atomic E-state index is 13.8. The molecule has 4 atom stereocenters. The molecule has 1 aromatic heterocycles. The first-order valence-corrected chi connectivity index (χ1v) is 5.85. The molecule has 2 rings (SSSR count). The molecule has 0 spiro atoms. The van der Waals surface area contributed by atoms with E-state index in [1.807, 2.05) is 0 Å². The second-order valence-corrected chi connectivity index (χ2v) is 4.33. The molecule has 2 heterocycles. The Morgan fingerprint density at radius 1 is 1.78 bits per heavy atom. The maximum absolute atomic E-state index is 13.8. The second-order valence-electron chi connectivity index (χ2n) is 4.33. The van der Waals surface area contributed by atoms with E-state index in [-0.39, 0.29) is 12.2 Å². The summed E-state index contributed by atoms with van der Waals surface area (Å²) in [5.41, 5.74) is 4.70. The van der Waals surface area contributed by atoms with Crippen LogP contribution < -0.4 is 11.4 Å². The molecule has 100 valence electrons. The van der Waals surface area contributed by atoms with Crippen LogP contribution in [0.2, 0.25) is 0 Å². The fourth-order valence-corrected chi connectivity index (χ4v) is 2.03. The highest BCUT2D eigenvalue weighted by atomic mass is 19.1. The van der Waals surface area contributed by atoms with Gasteiger partial charge in [-0.15, -0.1) is 0 Å². The van der Waals surface area contributed by atoms with E-state index in [1.54, 1.807) is 6.92 Å². The van der Waals surface area contributed by atoms with Gasteiger partial charge in [-0.3, -0.25) is 4.57 Å². The van der Waals surface area contributed by atoms with Gasteiger partial charge in [0, 0.05) is 12.6 Å². The number of halogens is 1. The number of anilines is 1. The fraction of sp³-hybridized carbons (Fsp3) is 0.636. The van der Waals surface area contributed by atoms with Crippen molar-refractivity contribution in [2.45, 2.75) is 44.4 Å². The average Bonchev–Trinajstić information content (AvgIpc) is 2.70. The lowest BCUT2D eigenvalue weighted by atomic mass is 10.1. The molecule has 1 unspecified atom stereocenters. The fourth-order valence-electron chi connectivity index (χ4n) is 2.03. The zero-order valence-corrected chi connectivity index (χ0v) is 9.99. The number of alkyl halides is 1. The van der Waals surface area contributed by atoms with E-state index >= 15 is 0 Å². The summed E-state index contributed by atoms with van der Waals surface area (Å²) in [4.78, 5) is 15.1. The number of hydrogen-bond donors (Lipinski definition) is 2. The van der Waals surface area contributed by atoms with Gasteiger partial charge in [0.05, 0.1) is 12.2 Å². The van der Waals surface area contributed by atoms with Gasteiger partial charge in [0.1, 0.15) is 12.0 Å². The summed E-state index contributed by atoms with van der Waals surface area (Å²) in [6.07, 6.45) is -1.83. The van der Waals surface area contributed by atoms with E-state index in [0.29, 0.717) is 6.42 Å². The number of rotatable bonds is 3. The lowest BCUT2D eigenvalue weighted by Crippen LogP contribution is -2.31. The van der Waals surface area contributed by atoms with Crippen LogP contribution in [0.5, 0.6) is 0 Å². The third-order valence-corrected chi connectivity index (χ3v) is 3.05. The molecule has 6 nitrogen and oxygen atoms in total. The predicted molar refractivity (Wildman–Crippen MR) is 62.6 cm³/mol. The van der Waals surface area contributed by atoms with Crippen LogP contribution in [0.1, 0.15) is 26.0 Å². The van der Waals surface area contributed by atoms with E-state index in [4.69, 9.17) is 10.5 Å². The summed E-state index contributed by atoms with van der Waals surface area (Å²) in [7, 11) is 0. The monoisotopic (exact) mass is 257 g/mol. The van der Waals surface area contributed by atoms with Crippen LogP contribution in [0.3, 0.4) is 0 Å². The van der Waals surface area contributed by atoms with Gasteiger partial charge < -0.3 is 15.6 Å². The summed E-state index contributed by atoms with van der Waals surface area (Å²) >= 11 is 0. The Hall–Kier alpha value is -1.47. The minimum atomic E-state index is -1.35. The molecule has 0 radical (unpaired) electrons. The maximum Gasteiger partial charge on any atom is 0.351 e. The first-order chi connectivity index (χ1) is 8.52. The zero-order chi connectivity index (χ0) is 13.3. The standard InChI is InChI=1S/C11H16FN3O3/c1-2-7(16)8-5-6(12)10(18-8)15-4-3-9(13)14-11(15)17/h3-4,6-8,10,16H,2,5H2,1H3,(H2,13,14,17)/t6-,7-,8?,10+/m0/s1. The Morgan fingerprint density at radius 2 is 2.50 bits per heavy atom. The van der Waals surface area contributed by atoms with Gasteiger partial charge in [-0.2, -0.15) is 4.98 Å². The summed E-state index contributed by atoms with van der Waals surface area (Å²) in [5, 5.41) is 9.64. The molecule has 0 aromatic carbocycles. The number of nitrogens with zero attached hydrogens (tertiary/aromatic N) is 2. The average molecular weight is 257 g/mol. The highest BCUT2D eigenvalue weighted by Gasteiger charge is 2.39. The summed E-state index contributed by atoms with van der Waals surface area (Å²) in [5.74, 6) is 0.0785. The smallest absolute Gasteiger partial charge is 0.351 e. The van der Waals surface area contributed by atoms with E-state index < -0.39 is 30.3 Å². The quantitative estimate of drug-likeness (QED) is 0.808. The van der Waals surface area contributed by atoms with Crippen molar-refractivity contribution in [3.63, 3.8) is 0 Å². The van der Waals surface area contributed by atoms with E-state index in [9.17, 15) is 14.3 Å². The number of aliphatic hydroxyl groups excluding tert-OH is 1. The van der Waals surface area contributed by atoms with Crippen LogP contribution in [-0.4, -0.2) is 33.0 Å². The third-order valence-electron chi connectivity index (χ3n) is 3.05. The number of nitrogens with two attached hydrogens (primary N) is 1. The van der Waals surface area contributed by atoms with Gasteiger partial charge in [0.25, 0.3) is 0 Å². The van der Waals surface area contributed by atoms with E-state index in [0.717, 1.165) is 4.57 Å². The Morgan fingerprint density at radius 3 is 3.11 bits per heavy atom. The van der Waals surface area contributed by atoms with Gasteiger partial charge in [-0.05, 0) is 12.5 Å². The summed E-state index contributed by atoms with van der Waals surface area (Å²) < 4.78 is 20.3. The number of ether oxygens (including phenoxy) is 1. The number of aliphatic hydroxyl groups is 1. The first kappa shape index (κ1) is 13.0.